The Kier molecular flexibility index (Phi) is 3.67. The van der Waals surface area contributed by atoms with Crippen molar-refractivity contribution in [1.29, 1.82) is 0 Å². The maximum atomic E-state index is 11.5. The van der Waals surface area contributed by atoms with Crippen molar-refractivity contribution in [1.82, 2.24) is 4.98 Å². The quantitative estimate of drug-likeness (QED) is 0.897. The molecule has 130 valence electrons. The molecule has 0 spiro atoms. The second-order valence-electron chi connectivity index (χ2n) is 7.25. The molecule has 1 N–H and O–H groups in total. The Labute approximate surface area is 146 Å². The molecule has 1 fully saturated rings. The van der Waals surface area contributed by atoms with Crippen LogP contribution in [0.15, 0.2) is 30.6 Å². The number of hydrogen-bond donors (Lipinski definition) is 1. The molecule has 1 aromatic heterocycles. The molecule has 4 rings (SSSR count). The molecule has 2 aromatic rings. The van der Waals surface area contributed by atoms with Crippen molar-refractivity contribution in [2.75, 3.05) is 6.61 Å². The van der Waals surface area contributed by atoms with Gasteiger partial charge in [-0.05, 0) is 55.9 Å². The van der Waals surface area contributed by atoms with Crippen LogP contribution in [0, 0.1) is 0 Å². The molecule has 0 bridgehead atoms. The number of hydrogen-bond acceptors (Lipinski definition) is 4. The van der Waals surface area contributed by atoms with Gasteiger partial charge < -0.3 is 14.6 Å². The smallest absolute Gasteiger partial charge is 0.347 e. The van der Waals surface area contributed by atoms with Crippen molar-refractivity contribution in [2.24, 2.45) is 0 Å². The summed E-state index contributed by atoms with van der Waals surface area (Å²) in [6.45, 7) is 3.74. The van der Waals surface area contributed by atoms with Gasteiger partial charge in [0.2, 0.25) is 0 Å². The maximum Gasteiger partial charge on any atom is 0.347 e. The zero-order chi connectivity index (χ0) is 17.6. The SMILES string of the molecule is CC(C)(Oc1cc2c(cc1-c1cncc(C3CC3)c1)CCO2)C(=O)O. The number of carbonyl (C=O) groups is 1. The van der Waals surface area contributed by atoms with Gasteiger partial charge in [-0.15, -0.1) is 0 Å². The fourth-order valence-electron chi connectivity index (χ4n) is 3.08. The average molecular weight is 339 g/mol. The molecule has 1 saturated carbocycles. The molecule has 0 unspecified atom stereocenters. The van der Waals surface area contributed by atoms with E-state index in [1.165, 1.54) is 18.4 Å². The van der Waals surface area contributed by atoms with Crippen LogP contribution in [-0.4, -0.2) is 28.3 Å². The molecule has 0 saturated heterocycles. The van der Waals surface area contributed by atoms with Crippen molar-refractivity contribution >= 4 is 5.97 Å². The Morgan fingerprint density at radius 1 is 1.28 bits per heavy atom. The van der Waals surface area contributed by atoms with E-state index in [2.05, 4.69) is 11.1 Å². The summed E-state index contributed by atoms with van der Waals surface area (Å²) in [6.07, 6.45) is 6.99. The molecule has 1 aliphatic carbocycles. The molecule has 2 aliphatic rings. The van der Waals surface area contributed by atoms with E-state index in [1.54, 1.807) is 13.8 Å². The van der Waals surface area contributed by atoms with Crippen LogP contribution in [0.4, 0.5) is 0 Å². The van der Waals surface area contributed by atoms with Crippen LogP contribution >= 0.6 is 0 Å². The van der Waals surface area contributed by atoms with E-state index in [0.717, 1.165) is 28.9 Å². The first-order valence-corrected chi connectivity index (χ1v) is 8.61. The number of rotatable bonds is 5. The van der Waals surface area contributed by atoms with Gasteiger partial charge in [0.15, 0.2) is 5.60 Å². The highest BCUT2D eigenvalue weighted by atomic mass is 16.5. The van der Waals surface area contributed by atoms with Crippen molar-refractivity contribution < 1.29 is 19.4 Å². The molecule has 0 atom stereocenters. The molecule has 5 heteroatoms. The predicted octanol–water partition coefficient (Wildman–Crippen LogP) is 3.80. The molecule has 25 heavy (non-hydrogen) atoms. The number of benzene rings is 1. The van der Waals surface area contributed by atoms with E-state index in [-0.39, 0.29) is 0 Å². The number of nitrogens with zero attached hydrogens (tertiary/aromatic N) is 1. The second-order valence-corrected chi connectivity index (χ2v) is 7.25. The maximum absolute atomic E-state index is 11.5. The van der Waals surface area contributed by atoms with Crippen LogP contribution in [0.2, 0.25) is 0 Å². The predicted molar refractivity (Wildman–Crippen MR) is 93.2 cm³/mol. The number of ether oxygens (including phenoxy) is 2. The lowest BCUT2D eigenvalue weighted by molar-refractivity contribution is -0.152. The van der Waals surface area contributed by atoms with Crippen LogP contribution in [0.1, 0.15) is 43.7 Å². The highest BCUT2D eigenvalue weighted by Gasteiger charge is 2.32. The lowest BCUT2D eigenvalue weighted by Crippen LogP contribution is -2.38. The van der Waals surface area contributed by atoms with Gasteiger partial charge in [-0.2, -0.15) is 0 Å². The molecule has 0 radical (unpaired) electrons. The van der Waals surface area contributed by atoms with Crippen molar-refractivity contribution in [3.8, 4) is 22.6 Å². The van der Waals surface area contributed by atoms with Gasteiger partial charge in [-0.3, -0.25) is 4.98 Å². The van der Waals surface area contributed by atoms with Crippen LogP contribution in [-0.2, 0) is 11.2 Å². The van der Waals surface area contributed by atoms with Crippen molar-refractivity contribution in [3.05, 3.63) is 41.7 Å². The van der Waals surface area contributed by atoms with Gasteiger partial charge >= 0.3 is 5.97 Å². The number of aromatic nitrogens is 1. The van der Waals surface area contributed by atoms with E-state index >= 15 is 0 Å². The van der Waals surface area contributed by atoms with Crippen LogP contribution in [0.25, 0.3) is 11.1 Å². The summed E-state index contributed by atoms with van der Waals surface area (Å²) in [7, 11) is 0. The summed E-state index contributed by atoms with van der Waals surface area (Å²) in [5, 5.41) is 9.41. The van der Waals surface area contributed by atoms with Crippen LogP contribution < -0.4 is 9.47 Å². The van der Waals surface area contributed by atoms with Crippen molar-refractivity contribution in [2.45, 2.75) is 44.6 Å². The number of carboxylic acid groups (broad SMARTS) is 1. The largest absolute Gasteiger partial charge is 0.493 e. The molecule has 5 nitrogen and oxygen atoms in total. The van der Waals surface area contributed by atoms with Gasteiger partial charge in [0, 0.05) is 36.0 Å². The Hall–Kier alpha value is -2.56. The summed E-state index contributed by atoms with van der Waals surface area (Å²) in [4.78, 5) is 15.9. The Balaban J connectivity index is 1.80. The summed E-state index contributed by atoms with van der Waals surface area (Å²) in [6, 6.07) is 6.00. The molecule has 2 heterocycles. The zero-order valence-electron chi connectivity index (χ0n) is 14.4. The van der Waals surface area contributed by atoms with Crippen LogP contribution in [0.3, 0.4) is 0 Å². The molecule has 0 amide bonds. The van der Waals surface area contributed by atoms with Gasteiger partial charge in [-0.25, -0.2) is 4.79 Å². The first-order valence-electron chi connectivity index (χ1n) is 8.61. The summed E-state index contributed by atoms with van der Waals surface area (Å²) in [5.41, 5.74) is 2.84. The monoisotopic (exact) mass is 339 g/mol. The van der Waals surface area contributed by atoms with E-state index < -0.39 is 11.6 Å². The Bertz CT molecular complexity index is 840. The van der Waals surface area contributed by atoms with Gasteiger partial charge in [0.1, 0.15) is 11.5 Å². The fraction of sp³-hybridized carbons (Fsp3) is 0.400. The first-order chi connectivity index (χ1) is 11.9. The minimum absolute atomic E-state index is 0.516. The third-order valence-electron chi connectivity index (χ3n) is 4.79. The van der Waals surface area contributed by atoms with Gasteiger partial charge in [0.25, 0.3) is 0 Å². The van der Waals surface area contributed by atoms with E-state index in [9.17, 15) is 9.90 Å². The highest BCUT2D eigenvalue weighted by molar-refractivity contribution is 5.79. The second kappa shape index (κ2) is 5.76. The number of pyridine rings is 1. The van der Waals surface area contributed by atoms with Crippen LogP contribution in [0.5, 0.6) is 11.5 Å². The molecule has 1 aliphatic heterocycles. The summed E-state index contributed by atoms with van der Waals surface area (Å²) < 4.78 is 11.5. The average Bonchev–Trinajstić information content (AvgIpc) is 3.33. The van der Waals surface area contributed by atoms with Gasteiger partial charge in [-0.1, -0.05) is 0 Å². The standard InChI is InChI=1S/C20H21NO4/c1-20(2,19(22)23)25-18-9-17-13(5-6-24-17)8-16(18)15-7-14(10-21-11-15)12-3-4-12/h7-12H,3-6H2,1-2H3,(H,22,23). The Morgan fingerprint density at radius 3 is 2.80 bits per heavy atom. The molecular formula is C20H21NO4. The molecular weight excluding hydrogens is 318 g/mol. The Morgan fingerprint density at radius 2 is 2.08 bits per heavy atom. The third-order valence-corrected chi connectivity index (χ3v) is 4.79. The first kappa shape index (κ1) is 15.9. The highest BCUT2D eigenvalue weighted by Crippen LogP contribution is 2.43. The van der Waals surface area contributed by atoms with E-state index in [0.29, 0.717) is 18.3 Å². The lowest BCUT2D eigenvalue weighted by Gasteiger charge is -2.24. The molecule has 1 aromatic carbocycles. The lowest BCUT2D eigenvalue weighted by atomic mass is 9.99. The van der Waals surface area contributed by atoms with E-state index in [1.807, 2.05) is 24.5 Å². The van der Waals surface area contributed by atoms with Crippen molar-refractivity contribution in [3.63, 3.8) is 0 Å². The summed E-state index contributed by atoms with van der Waals surface area (Å²) >= 11 is 0. The third kappa shape index (κ3) is 3.06. The summed E-state index contributed by atoms with van der Waals surface area (Å²) in [5.74, 6) is 0.879. The number of fused-ring (bicyclic) bond motifs is 1. The zero-order valence-corrected chi connectivity index (χ0v) is 14.4. The van der Waals surface area contributed by atoms with Gasteiger partial charge in [0.05, 0.1) is 6.61 Å². The normalized spacial score (nSPS) is 16.2. The number of carboxylic acids is 1. The fourth-order valence-corrected chi connectivity index (χ4v) is 3.08. The minimum atomic E-state index is -1.33. The minimum Gasteiger partial charge on any atom is -0.493 e. The van der Waals surface area contributed by atoms with E-state index in [4.69, 9.17) is 9.47 Å². The topological polar surface area (TPSA) is 68.7 Å². The number of aliphatic carboxylic acids is 1.